The lowest BCUT2D eigenvalue weighted by Crippen LogP contribution is -2.31. The number of aliphatic hydroxyl groups is 1. The maximum atomic E-state index is 13.9. The average molecular weight is 547 g/mol. The van der Waals surface area contributed by atoms with Crippen molar-refractivity contribution in [2.45, 2.75) is 12.6 Å². The van der Waals surface area contributed by atoms with E-state index in [1.165, 1.54) is 18.1 Å². The molecule has 9 heteroatoms. The van der Waals surface area contributed by atoms with Gasteiger partial charge in [-0.3, -0.25) is 9.59 Å². The van der Waals surface area contributed by atoms with Crippen LogP contribution in [0.2, 0.25) is 5.02 Å². The van der Waals surface area contributed by atoms with Crippen molar-refractivity contribution in [3.63, 3.8) is 0 Å². The topological polar surface area (TPSA) is 92.5 Å². The molecule has 8 nitrogen and oxygen atoms in total. The molecule has 0 radical (unpaired) electrons. The highest BCUT2D eigenvalue weighted by Gasteiger charge is 2.45. The van der Waals surface area contributed by atoms with E-state index in [0.29, 0.717) is 33.1 Å². The number of methoxy groups -OCH3 is 2. The number of anilines is 1. The smallest absolute Gasteiger partial charge is 0.290 e. The zero-order valence-corrected chi connectivity index (χ0v) is 22.7. The monoisotopic (exact) mass is 546 g/mol. The lowest BCUT2D eigenvalue weighted by molar-refractivity contribution is -0.130. The van der Waals surface area contributed by atoms with Gasteiger partial charge in [0, 0.05) is 41.8 Å². The van der Waals surface area contributed by atoms with Gasteiger partial charge in [0.25, 0.3) is 5.91 Å². The Labute approximate surface area is 230 Å². The Morgan fingerprint density at radius 1 is 1.03 bits per heavy atom. The zero-order chi connectivity index (χ0) is 27.8. The molecule has 1 unspecified atom stereocenters. The molecule has 200 valence electrons. The number of hydrogen-bond acceptors (Lipinski definition) is 7. The van der Waals surface area contributed by atoms with Gasteiger partial charge in [0.1, 0.15) is 5.75 Å². The Balaban J connectivity index is 1.62. The number of amides is 1. The van der Waals surface area contributed by atoms with E-state index in [4.69, 9.17) is 25.5 Å². The molecule has 0 aliphatic carbocycles. The SMILES string of the molecule is COc1ccccc1CN1C(=O)C(O)=C(C(=O)c2cc3cc(Cl)cc(OC)c3o2)C1c1ccc(N(C)C)cc1. The number of benzene rings is 3. The van der Waals surface area contributed by atoms with Gasteiger partial charge in [-0.1, -0.05) is 41.9 Å². The van der Waals surface area contributed by atoms with Crippen LogP contribution >= 0.6 is 11.6 Å². The summed E-state index contributed by atoms with van der Waals surface area (Å²) in [4.78, 5) is 30.8. The van der Waals surface area contributed by atoms with Crippen LogP contribution in [0.5, 0.6) is 11.5 Å². The summed E-state index contributed by atoms with van der Waals surface area (Å²) in [6.45, 7) is 0.105. The number of carbonyl (C=O) groups excluding carboxylic acids is 2. The fourth-order valence-electron chi connectivity index (χ4n) is 4.85. The van der Waals surface area contributed by atoms with Crippen molar-refractivity contribution in [3.8, 4) is 11.5 Å². The molecule has 5 rings (SSSR count). The van der Waals surface area contributed by atoms with Crippen LogP contribution in [-0.4, -0.2) is 50.0 Å². The van der Waals surface area contributed by atoms with Crippen LogP contribution in [0.15, 0.2) is 82.5 Å². The number of ketones is 1. The molecule has 1 aliphatic rings. The summed E-state index contributed by atoms with van der Waals surface area (Å²) in [5.41, 5.74) is 2.60. The molecule has 1 atom stereocenters. The van der Waals surface area contributed by atoms with Gasteiger partial charge in [-0.25, -0.2) is 0 Å². The lowest BCUT2D eigenvalue weighted by atomic mass is 9.94. The van der Waals surface area contributed by atoms with Crippen molar-refractivity contribution in [2.75, 3.05) is 33.2 Å². The van der Waals surface area contributed by atoms with E-state index in [9.17, 15) is 14.7 Å². The Bertz CT molecular complexity index is 1610. The number of hydrogen-bond donors (Lipinski definition) is 1. The van der Waals surface area contributed by atoms with Gasteiger partial charge in [0.2, 0.25) is 5.78 Å². The molecule has 0 bridgehead atoms. The number of Topliss-reactive ketones (excluding diaryl/α,β-unsaturated/α-hetero) is 1. The van der Waals surface area contributed by atoms with Gasteiger partial charge in [-0.05, 0) is 35.9 Å². The molecule has 4 aromatic rings. The third-order valence-corrected chi connectivity index (χ3v) is 7.02. The molecule has 0 saturated heterocycles. The number of nitrogens with zero attached hydrogens (tertiary/aromatic N) is 2. The number of carbonyl (C=O) groups is 2. The second-order valence-electron chi connectivity index (χ2n) is 9.36. The predicted octanol–water partition coefficient (Wildman–Crippen LogP) is 5.95. The minimum Gasteiger partial charge on any atom is -0.503 e. The summed E-state index contributed by atoms with van der Waals surface area (Å²) >= 11 is 6.20. The molecule has 1 N–H and O–H groups in total. The van der Waals surface area contributed by atoms with Crippen molar-refractivity contribution >= 4 is 39.9 Å². The van der Waals surface area contributed by atoms with E-state index in [0.717, 1.165) is 11.3 Å². The number of rotatable bonds is 8. The predicted molar refractivity (Wildman–Crippen MR) is 149 cm³/mol. The third kappa shape index (κ3) is 4.68. The minimum absolute atomic E-state index is 0.0472. The van der Waals surface area contributed by atoms with Crippen LogP contribution < -0.4 is 14.4 Å². The molecule has 3 aromatic carbocycles. The summed E-state index contributed by atoms with van der Waals surface area (Å²) in [6.07, 6.45) is 0. The van der Waals surface area contributed by atoms with Crippen LogP contribution in [0.3, 0.4) is 0 Å². The molecule has 2 heterocycles. The second-order valence-corrected chi connectivity index (χ2v) is 9.80. The number of para-hydroxylation sites is 1. The van der Waals surface area contributed by atoms with Gasteiger partial charge >= 0.3 is 0 Å². The minimum atomic E-state index is -0.871. The first-order valence-corrected chi connectivity index (χ1v) is 12.6. The third-order valence-electron chi connectivity index (χ3n) is 6.80. The maximum Gasteiger partial charge on any atom is 0.290 e. The van der Waals surface area contributed by atoms with Gasteiger partial charge in [-0.2, -0.15) is 0 Å². The number of halogens is 1. The van der Waals surface area contributed by atoms with Crippen molar-refractivity contribution in [3.05, 3.63) is 100.0 Å². The first kappa shape index (κ1) is 26.2. The van der Waals surface area contributed by atoms with E-state index in [1.54, 1.807) is 25.3 Å². The van der Waals surface area contributed by atoms with E-state index < -0.39 is 23.5 Å². The number of fused-ring (bicyclic) bond motifs is 1. The Morgan fingerprint density at radius 2 is 1.72 bits per heavy atom. The van der Waals surface area contributed by atoms with Crippen LogP contribution in [-0.2, 0) is 11.3 Å². The zero-order valence-electron chi connectivity index (χ0n) is 21.9. The Kier molecular flexibility index (Phi) is 6.97. The lowest BCUT2D eigenvalue weighted by Gasteiger charge is -2.27. The van der Waals surface area contributed by atoms with Gasteiger partial charge < -0.3 is 28.8 Å². The highest BCUT2D eigenvalue weighted by atomic mass is 35.5. The van der Waals surface area contributed by atoms with Crippen molar-refractivity contribution < 1.29 is 28.6 Å². The summed E-state index contributed by atoms with van der Waals surface area (Å²) in [6, 6.07) is 18.7. The number of ether oxygens (including phenoxy) is 2. The molecule has 39 heavy (non-hydrogen) atoms. The molecule has 1 aromatic heterocycles. The van der Waals surface area contributed by atoms with Gasteiger partial charge in [-0.15, -0.1) is 0 Å². The van der Waals surface area contributed by atoms with Crippen LogP contribution in [0.25, 0.3) is 11.0 Å². The van der Waals surface area contributed by atoms with Gasteiger partial charge in [0.05, 0.1) is 32.4 Å². The first-order valence-electron chi connectivity index (χ1n) is 12.2. The molecular weight excluding hydrogens is 520 g/mol. The molecule has 0 saturated carbocycles. The molecule has 1 aliphatic heterocycles. The summed E-state index contributed by atoms with van der Waals surface area (Å²) in [5, 5.41) is 12.1. The summed E-state index contributed by atoms with van der Waals surface area (Å²) in [7, 11) is 6.87. The van der Waals surface area contributed by atoms with Gasteiger partial charge in [0.15, 0.2) is 22.9 Å². The Hall–Kier alpha value is -4.43. The molecule has 1 amide bonds. The van der Waals surface area contributed by atoms with Crippen LogP contribution in [0.1, 0.15) is 27.7 Å². The van der Waals surface area contributed by atoms with E-state index in [2.05, 4.69) is 0 Å². The normalized spacial score (nSPS) is 15.3. The highest BCUT2D eigenvalue weighted by Crippen LogP contribution is 2.42. The average Bonchev–Trinajstić information content (AvgIpc) is 3.47. The quantitative estimate of drug-likeness (QED) is 0.273. The maximum absolute atomic E-state index is 13.9. The van der Waals surface area contributed by atoms with Crippen molar-refractivity contribution in [2.24, 2.45) is 0 Å². The standard InChI is InChI=1S/C30H27ClN2O6/c1-32(2)21-11-9-17(10-12-21)26-25(27(34)23-14-19-13-20(31)15-24(38-4)29(19)39-23)28(35)30(36)33(26)16-18-7-5-6-8-22(18)37-3/h5-15,26,35H,16H2,1-4H3. The largest absolute Gasteiger partial charge is 0.503 e. The van der Waals surface area contributed by atoms with E-state index in [1.807, 2.05) is 61.5 Å². The van der Waals surface area contributed by atoms with Crippen molar-refractivity contribution in [1.29, 1.82) is 0 Å². The van der Waals surface area contributed by atoms with Crippen LogP contribution in [0.4, 0.5) is 5.69 Å². The van der Waals surface area contributed by atoms with E-state index in [-0.39, 0.29) is 17.9 Å². The molecular formula is C30H27ClN2O6. The first-order chi connectivity index (χ1) is 18.7. The highest BCUT2D eigenvalue weighted by molar-refractivity contribution is 6.31. The number of aliphatic hydroxyl groups excluding tert-OH is 1. The molecule has 0 spiro atoms. The summed E-state index contributed by atoms with van der Waals surface area (Å²) in [5.74, 6) is -0.989. The van der Waals surface area contributed by atoms with E-state index >= 15 is 0 Å². The Morgan fingerprint density at radius 3 is 2.38 bits per heavy atom. The number of furan rings is 1. The van der Waals surface area contributed by atoms with Crippen LogP contribution in [0, 0.1) is 0 Å². The fraction of sp³-hybridized carbons (Fsp3) is 0.200. The molecule has 0 fully saturated rings. The second kappa shape index (κ2) is 10.4. The summed E-state index contributed by atoms with van der Waals surface area (Å²) < 4.78 is 16.7. The van der Waals surface area contributed by atoms with Crippen molar-refractivity contribution in [1.82, 2.24) is 4.90 Å². The fourth-order valence-corrected chi connectivity index (χ4v) is 5.07.